The SMILES string of the molecule is Cc1cnc(NC(=O)[C@@H](C)Oc2ccc3c(c2)OCO3)s1. The lowest BCUT2D eigenvalue weighted by atomic mass is 10.3. The third kappa shape index (κ3) is 3.08. The van der Waals surface area contributed by atoms with Crippen LogP contribution in [0.25, 0.3) is 0 Å². The van der Waals surface area contributed by atoms with Gasteiger partial charge in [0.2, 0.25) is 6.79 Å². The second-order valence-corrected chi connectivity index (χ2v) is 5.78. The minimum absolute atomic E-state index is 0.207. The topological polar surface area (TPSA) is 69.7 Å². The van der Waals surface area contributed by atoms with Crippen molar-refractivity contribution in [2.45, 2.75) is 20.0 Å². The highest BCUT2D eigenvalue weighted by atomic mass is 32.1. The fraction of sp³-hybridized carbons (Fsp3) is 0.286. The molecule has 2 heterocycles. The molecule has 0 unspecified atom stereocenters. The summed E-state index contributed by atoms with van der Waals surface area (Å²) in [4.78, 5) is 17.2. The Bertz CT molecular complexity index is 671. The van der Waals surface area contributed by atoms with Crippen LogP contribution in [0, 0.1) is 6.92 Å². The van der Waals surface area contributed by atoms with E-state index in [1.165, 1.54) is 11.3 Å². The number of anilines is 1. The molecule has 0 bridgehead atoms. The van der Waals surface area contributed by atoms with Crippen LogP contribution >= 0.6 is 11.3 Å². The number of aromatic nitrogens is 1. The van der Waals surface area contributed by atoms with Crippen LogP contribution in [0.5, 0.6) is 17.2 Å². The van der Waals surface area contributed by atoms with Crippen molar-refractivity contribution in [3.05, 3.63) is 29.3 Å². The van der Waals surface area contributed by atoms with E-state index in [1.54, 1.807) is 31.3 Å². The molecule has 0 saturated heterocycles. The molecule has 1 aliphatic heterocycles. The van der Waals surface area contributed by atoms with Crippen LogP contribution < -0.4 is 19.5 Å². The number of benzene rings is 1. The highest BCUT2D eigenvalue weighted by Gasteiger charge is 2.19. The Kier molecular flexibility index (Phi) is 3.66. The third-order valence-electron chi connectivity index (χ3n) is 2.88. The summed E-state index contributed by atoms with van der Waals surface area (Å²) >= 11 is 1.42. The second kappa shape index (κ2) is 5.61. The summed E-state index contributed by atoms with van der Waals surface area (Å²) in [6, 6.07) is 5.21. The zero-order chi connectivity index (χ0) is 14.8. The van der Waals surface area contributed by atoms with E-state index in [1.807, 2.05) is 6.92 Å². The zero-order valence-electron chi connectivity index (χ0n) is 11.6. The third-order valence-corrected chi connectivity index (χ3v) is 3.71. The van der Waals surface area contributed by atoms with Crippen molar-refractivity contribution < 1.29 is 19.0 Å². The summed E-state index contributed by atoms with van der Waals surface area (Å²) in [7, 11) is 0. The fourth-order valence-electron chi connectivity index (χ4n) is 1.83. The van der Waals surface area contributed by atoms with E-state index >= 15 is 0 Å². The van der Waals surface area contributed by atoms with E-state index in [2.05, 4.69) is 10.3 Å². The molecule has 1 aromatic heterocycles. The van der Waals surface area contributed by atoms with Crippen molar-refractivity contribution in [2.75, 3.05) is 12.1 Å². The predicted octanol–water partition coefficient (Wildman–Crippen LogP) is 2.59. The maximum atomic E-state index is 12.0. The van der Waals surface area contributed by atoms with Gasteiger partial charge in [-0.3, -0.25) is 10.1 Å². The predicted molar refractivity (Wildman–Crippen MR) is 78.1 cm³/mol. The first-order chi connectivity index (χ1) is 10.1. The van der Waals surface area contributed by atoms with Gasteiger partial charge in [0.25, 0.3) is 5.91 Å². The van der Waals surface area contributed by atoms with E-state index in [9.17, 15) is 4.79 Å². The number of fused-ring (bicyclic) bond motifs is 1. The van der Waals surface area contributed by atoms with Gasteiger partial charge in [0, 0.05) is 17.1 Å². The number of thiazole rings is 1. The van der Waals surface area contributed by atoms with Gasteiger partial charge in [-0.25, -0.2) is 4.98 Å². The molecule has 2 aromatic rings. The number of amides is 1. The number of aryl methyl sites for hydroxylation is 1. The van der Waals surface area contributed by atoms with Crippen molar-refractivity contribution in [3.63, 3.8) is 0 Å². The first-order valence-corrected chi connectivity index (χ1v) is 7.23. The molecule has 7 heteroatoms. The van der Waals surface area contributed by atoms with Gasteiger partial charge in [0.1, 0.15) is 5.75 Å². The number of hydrogen-bond donors (Lipinski definition) is 1. The lowest BCUT2D eigenvalue weighted by Gasteiger charge is -2.13. The van der Waals surface area contributed by atoms with Crippen LogP contribution in [0.15, 0.2) is 24.4 Å². The quantitative estimate of drug-likeness (QED) is 0.940. The molecule has 0 spiro atoms. The number of ether oxygens (including phenoxy) is 3. The smallest absolute Gasteiger partial charge is 0.266 e. The average Bonchev–Trinajstić information content (AvgIpc) is 3.07. The van der Waals surface area contributed by atoms with Gasteiger partial charge in [-0.2, -0.15) is 0 Å². The first kappa shape index (κ1) is 13.7. The van der Waals surface area contributed by atoms with Crippen LogP contribution in [-0.2, 0) is 4.79 Å². The summed E-state index contributed by atoms with van der Waals surface area (Å²) in [6.45, 7) is 3.82. The highest BCUT2D eigenvalue weighted by molar-refractivity contribution is 7.15. The molecular weight excluding hydrogens is 292 g/mol. The second-order valence-electron chi connectivity index (χ2n) is 4.54. The van der Waals surface area contributed by atoms with Gasteiger partial charge >= 0.3 is 0 Å². The van der Waals surface area contributed by atoms with Gasteiger partial charge < -0.3 is 14.2 Å². The Hall–Kier alpha value is -2.28. The summed E-state index contributed by atoms with van der Waals surface area (Å²) in [5.74, 6) is 1.60. The Labute approximate surface area is 125 Å². The Morgan fingerprint density at radius 1 is 1.43 bits per heavy atom. The zero-order valence-corrected chi connectivity index (χ0v) is 12.4. The molecule has 21 heavy (non-hydrogen) atoms. The molecular formula is C14H14N2O4S. The standard InChI is InChI=1S/C14H14N2O4S/c1-8-6-15-14(21-8)16-13(17)9(2)20-10-3-4-11-12(5-10)19-7-18-11/h3-6,9H,7H2,1-2H3,(H,15,16,17)/t9-/m1/s1. The van der Waals surface area contributed by atoms with Crippen LogP contribution in [0.1, 0.15) is 11.8 Å². The maximum absolute atomic E-state index is 12.0. The fourth-order valence-corrected chi connectivity index (χ4v) is 2.49. The monoisotopic (exact) mass is 306 g/mol. The number of nitrogens with zero attached hydrogens (tertiary/aromatic N) is 1. The molecule has 1 aliphatic rings. The number of hydrogen-bond acceptors (Lipinski definition) is 6. The molecule has 110 valence electrons. The highest BCUT2D eigenvalue weighted by Crippen LogP contribution is 2.35. The average molecular weight is 306 g/mol. The number of carbonyl (C=O) groups excluding carboxylic acids is 1. The molecule has 0 radical (unpaired) electrons. The van der Waals surface area contributed by atoms with E-state index in [0.29, 0.717) is 22.4 Å². The summed E-state index contributed by atoms with van der Waals surface area (Å²) in [6.07, 6.45) is 1.07. The molecule has 6 nitrogen and oxygen atoms in total. The van der Waals surface area contributed by atoms with Gasteiger partial charge in [-0.1, -0.05) is 0 Å². The number of nitrogens with one attached hydrogen (secondary N) is 1. The van der Waals surface area contributed by atoms with Crippen LogP contribution in [0.3, 0.4) is 0 Å². The first-order valence-electron chi connectivity index (χ1n) is 6.41. The van der Waals surface area contributed by atoms with E-state index in [4.69, 9.17) is 14.2 Å². The van der Waals surface area contributed by atoms with Crippen molar-refractivity contribution in [1.82, 2.24) is 4.98 Å². The maximum Gasteiger partial charge on any atom is 0.266 e. The van der Waals surface area contributed by atoms with Crippen molar-refractivity contribution in [2.24, 2.45) is 0 Å². The van der Waals surface area contributed by atoms with Crippen LogP contribution in [0.4, 0.5) is 5.13 Å². The van der Waals surface area contributed by atoms with Gasteiger partial charge in [0.05, 0.1) is 0 Å². The summed E-state index contributed by atoms with van der Waals surface area (Å²) < 4.78 is 16.1. The molecule has 0 aliphatic carbocycles. The lowest BCUT2D eigenvalue weighted by Crippen LogP contribution is -2.30. The van der Waals surface area contributed by atoms with E-state index in [-0.39, 0.29) is 12.7 Å². The Morgan fingerprint density at radius 2 is 2.24 bits per heavy atom. The van der Waals surface area contributed by atoms with Gasteiger partial charge in [0.15, 0.2) is 22.7 Å². The van der Waals surface area contributed by atoms with E-state index < -0.39 is 6.10 Å². The molecule has 1 N–H and O–H groups in total. The van der Waals surface area contributed by atoms with Gasteiger partial charge in [-0.15, -0.1) is 11.3 Å². The Balaban J connectivity index is 1.62. The summed E-state index contributed by atoms with van der Waals surface area (Å²) in [5.41, 5.74) is 0. The molecule has 0 fully saturated rings. The molecule has 1 amide bonds. The molecule has 3 rings (SSSR count). The molecule has 0 saturated carbocycles. The number of carbonyl (C=O) groups is 1. The van der Waals surface area contributed by atoms with Crippen molar-refractivity contribution in [1.29, 1.82) is 0 Å². The van der Waals surface area contributed by atoms with E-state index in [0.717, 1.165) is 4.88 Å². The lowest BCUT2D eigenvalue weighted by molar-refractivity contribution is -0.122. The van der Waals surface area contributed by atoms with Crippen molar-refractivity contribution >= 4 is 22.4 Å². The largest absolute Gasteiger partial charge is 0.481 e. The molecule has 1 atom stereocenters. The minimum Gasteiger partial charge on any atom is -0.481 e. The van der Waals surface area contributed by atoms with Crippen molar-refractivity contribution in [3.8, 4) is 17.2 Å². The van der Waals surface area contributed by atoms with Crippen LogP contribution in [0.2, 0.25) is 0 Å². The normalized spacial score (nSPS) is 13.8. The summed E-state index contributed by atoms with van der Waals surface area (Å²) in [5, 5.41) is 3.29. The van der Waals surface area contributed by atoms with Crippen LogP contribution in [-0.4, -0.2) is 23.8 Å². The van der Waals surface area contributed by atoms with Gasteiger partial charge in [-0.05, 0) is 26.0 Å². The minimum atomic E-state index is -0.644. The Morgan fingerprint density at radius 3 is 3.00 bits per heavy atom. The number of rotatable bonds is 4. The molecule has 1 aromatic carbocycles.